The summed E-state index contributed by atoms with van der Waals surface area (Å²) in [6.07, 6.45) is 19.9. The molecule has 8 aromatic carbocycles. The van der Waals surface area contributed by atoms with Crippen LogP contribution in [0.4, 0.5) is 92.6 Å². The highest BCUT2D eigenvalue weighted by Gasteiger charge is 2.29. The molecule has 16 rings (SSSR count). The van der Waals surface area contributed by atoms with Crippen LogP contribution < -0.4 is 42.5 Å². The monoisotopic (exact) mass is 1970 g/mol. The second kappa shape index (κ2) is 45.0. The van der Waals surface area contributed by atoms with E-state index in [1.807, 2.05) is 255 Å². The maximum Gasteiger partial charge on any atom is 0.229 e. The van der Waals surface area contributed by atoms with Crippen LogP contribution in [0.1, 0.15) is 133 Å². The lowest BCUT2D eigenvalue weighted by molar-refractivity contribution is 0.460. The molecule has 0 atom stereocenters. The number of aromatic nitrogens is 15. The van der Waals surface area contributed by atoms with Gasteiger partial charge < -0.3 is 51.7 Å². The minimum Gasteiger partial charge on any atom is -0.350 e. The van der Waals surface area contributed by atoms with Crippen molar-refractivity contribution in [1.29, 1.82) is 0 Å². The van der Waals surface area contributed by atoms with Crippen LogP contribution in [0.5, 0.6) is 0 Å². The van der Waals surface area contributed by atoms with Gasteiger partial charge in [0.15, 0.2) is 39.3 Å². The lowest BCUT2D eigenvalue weighted by Gasteiger charge is -2.18. The van der Waals surface area contributed by atoms with E-state index < -0.39 is 39.3 Å². The van der Waals surface area contributed by atoms with Gasteiger partial charge in [0.2, 0.25) is 23.8 Å². The Balaban J connectivity index is 0.000000158. The zero-order valence-corrected chi connectivity index (χ0v) is 85.7. The van der Waals surface area contributed by atoms with Crippen molar-refractivity contribution in [2.45, 2.75) is 163 Å². The summed E-state index contributed by atoms with van der Waals surface area (Å²) in [5.74, 6) is 4.48. The number of hydrogen-bond donors (Lipinski definition) is 8. The van der Waals surface area contributed by atoms with Crippen molar-refractivity contribution in [3.8, 4) is 0 Å². The Labute approximate surface area is 827 Å². The van der Waals surface area contributed by atoms with Gasteiger partial charge in [0.25, 0.3) is 0 Å². The van der Waals surface area contributed by atoms with Crippen LogP contribution in [-0.2, 0) is 65.5 Å². The maximum atomic E-state index is 12.8. The van der Waals surface area contributed by atoms with Crippen LogP contribution in [-0.4, -0.2) is 130 Å². The molecule has 0 saturated carbocycles. The largest absolute Gasteiger partial charge is 0.350 e. The van der Waals surface area contributed by atoms with Crippen molar-refractivity contribution in [2.24, 2.45) is 21.7 Å². The number of sulfone groups is 4. The van der Waals surface area contributed by atoms with Crippen molar-refractivity contribution in [1.82, 2.24) is 73.6 Å². The summed E-state index contributed by atoms with van der Waals surface area (Å²) in [5, 5.41) is 34.3. The highest BCUT2D eigenvalue weighted by atomic mass is 32.2. The highest BCUT2D eigenvalue weighted by Crippen LogP contribution is 2.34. The zero-order chi connectivity index (χ0) is 101. The SMILES string of the molecule is Cc1cnc(Nc2ccc(Cn3cccc3)cc2)nc1Nc1cccc(S(=O)(=O)CC(C)(C)C)c1.Cc1cnc(Nc2ccc(Cn3cccc3C)cc2)nc1Nc1cccc(S(=O)(=O)CC(C)(C)C)c1.Cc1cnc(Nc2ccc(Cn3cccn3)cc2)nc1Nc1cccc(S(=O)(=O)CC(C)(C)C)c1.Cc1cnc(Nc2ccc(Cn3cncn3)cc2)nc1Nc1cccc(S(=O)(=O)CC(C)(C)C)c1. The molecule has 0 radical (unpaired) electrons. The van der Waals surface area contributed by atoms with Crippen LogP contribution in [0.15, 0.2) is 312 Å². The van der Waals surface area contributed by atoms with E-state index in [0.717, 1.165) is 69.2 Å². The molecule has 0 fully saturated rings. The lowest BCUT2D eigenvalue weighted by Crippen LogP contribution is -2.20. The Bertz CT molecular complexity index is 6870. The fraction of sp³-hybridized carbons (Fsp3) is 0.274. The molecule has 734 valence electrons. The fourth-order valence-corrected chi connectivity index (χ4v) is 22.3. The van der Waals surface area contributed by atoms with Gasteiger partial charge in [-0.15, -0.1) is 0 Å². The molecular weight excluding hydrogens is 1850 g/mol. The van der Waals surface area contributed by atoms with E-state index in [2.05, 4.69) is 150 Å². The van der Waals surface area contributed by atoms with Crippen molar-refractivity contribution >= 4 is 132 Å². The normalized spacial score (nSPS) is 11.9. The number of rotatable bonds is 32. The quantitative estimate of drug-likeness (QED) is 0.0194. The van der Waals surface area contributed by atoms with E-state index >= 15 is 0 Å². The summed E-state index contributed by atoms with van der Waals surface area (Å²) in [4.78, 5) is 41.1. The third-order valence-corrected chi connectivity index (χ3v) is 30.1. The van der Waals surface area contributed by atoms with Gasteiger partial charge in [-0.2, -0.15) is 30.1 Å². The van der Waals surface area contributed by atoms with Gasteiger partial charge in [-0.3, -0.25) is 4.68 Å². The van der Waals surface area contributed by atoms with Crippen LogP contribution in [0.25, 0.3) is 0 Å². The Hall–Kier alpha value is -14.8. The Kier molecular flexibility index (Phi) is 33.0. The van der Waals surface area contributed by atoms with Crippen molar-refractivity contribution in [3.63, 3.8) is 0 Å². The van der Waals surface area contributed by atoms with Gasteiger partial charge in [-0.25, -0.2) is 63.3 Å². The third kappa shape index (κ3) is 31.9. The Morgan fingerprint density at radius 1 is 0.284 bits per heavy atom. The van der Waals surface area contributed by atoms with Gasteiger partial charge in [-0.05, 0) is 230 Å². The minimum atomic E-state index is -3.41. The van der Waals surface area contributed by atoms with Gasteiger partial charge in [-0.1, -0.05) is 156 Å². The Morgan fingerprint density at radius 3 is 0.851 bits per heavy atom. The number of benzene rings is 8. The maximum absolute atomic E-state index is 12.8. The summed E-state index contributed by atoms with van der Waals surface area (Å²) in [5.41, 5.74) is 14.0. The van der Waals surface area contributed by atoms with E-state index in [4.69, 9.17) is 0 Å². The number of nitrogens with one attached hydrogen (secondary N) is 8. The van der Waals surface area contributed by atoms with Crippen LogP contribution >= 0.6 is 0 Å². The number of aryl methyl sites for hydroxylation is 5. The second-order valence-corrected chi connectivity index (χ2v) is 47.5. The number of hydrogen-bond acceptors (Lipinski definition) is 27. The van der Waals surface area contributed by atoms with Gasteiger partial charge in [0.05, 0.1) is 55.7 Å². The summed E-state index contributed by atoms with van der Waals surface area (Å²) < 4.78 is 111. The predicted molar refractivity (Wildman–Crippen MR) is 563 cm³/mol. The summed E-state index contributed by atoms with van der Waals surface area (Å²) >= 11 is 0. The average molecular weight is 1980 g/mol. The summed E-state index contributed by atoms with van der Waals surface area (Å²) in [6.45, 7) is 35.7. The molecule has 35 heteroatoms. The molecule has 0 amide bonds. The molecule has 0 aliphatic rings. The van der Waals surface area contributed by atoms with Crippen LogP contribution in [0.2, 0.25) is 0 Å². The molecule has 31 nitrogen and oxygen atoms in total. The van der Waals surface area contributed by atoms with Gasteiger partial charge >= 0.3 is 0 Å². The summed E-state index contributed by atoms with van der Waals surface area (Å²) in [7, 11) is -13.6. The molecular formula is C106H123N23O8S4. The van der Waals surface area contributed by atoms with E-state index in [-0.39, 0.29) is 54.5 Å². The molecule has 8 heterocycles. The second-order valence-electron chi connectivity index (χ2n) is 39.5. The van der Waals surface area contributed by atoms with Crippen LogP contribution in [0.3, 0.4) is 0 Å². The van der Waals surface area contributed by atoms with E-state index in [1.54, 1.807) is 115 Å². The molecule has 16 aromatic rings. The van der Waals surface area contributed by atoms with E-state index in [0.29, 0.717) is 92.7 Å². The molecule has 0 bridgehead atoms. The zero-order valence-electron chi connectivity index (χ0n) is 82.5. The molecule has 141 heavy (non-hydrogen) atoms. The lowest BCUT2D eigenvalue weighted by atomic mass is 10.0. The molecule has 0 unspecified atom stereocenters. The van der Waals surface area contributed by atoms with Crippen molar-refractivity contribution in [2.75, 3.05) is 65.5 Å². The van der Waals surface area contributed by atoms with Gasteiger partial charge in [0.1, 0.15) is 35.9 Å². The smallest absolute Gasteiger partial charge is 0.229 e. The first-order valence-electron chi connectivity index (χ1n) is 45.9. The third-order valence-electron chi connectivity index (χ3n) is 21.2. The van der Waals surface area contributed by atoms with Crippen molar-refractivity contribution in [3.05, 3.63) is 343 Å². The fourth-order valence-electron chi connectivity index (χ4n) is 14.7. The van der Waals surface area contributed by atoms with E-state index in [1.165, 1.54) is 23.1 Å². The first kappa shape index (κ1) is 104. The number of nitrogens with zero attached hydrogens (tertiary/aromatic N) is 15. The van der Waals surface area contributed by atoms with E-state index in [9.17, 15) is 33.7 Å². The first-order valence-corrected chi connectivity index (χ1v) is 52.5. The average Bonchev–Trinajstić information content (AvgIpc) is 0.981. The highest BCUT2D eigenvalue weighted by molar-refractivity contribution is 7.92. The molecule has 0 spiro atoms. The van der Waals surface area contributed by atoms with Gasteiger partial charge in [0, 0.05) is 142 Å². The minimum absolute atomic E-state index is 0.0711. The summed E-state index contributed by atoms with van der Waals surface area (Å²) in [6, 6.07) is 69.6. The molecule has 0 saturated heterocycles. The molecule has 0 aliphatic heterocycles. The first-order chi connectivity index (χ1) is 66.7. The molecule has 0 aliphatic carbocycles. The molecule has 8 N–H and O–H groups in total. The Morgan fingerprint density at radius 2 is 0.582 bits per heavy atom. The van der Waals surface area contributed by atoms with Crippen LogP contribution in [0, 0.1) is 56.3 Å². The van der Waals surface area contributed by atoms with Crippen molar-refractivity contribution < 1.29 is 33.7 Å². The topological polar surface area (TPSA) is 394 Å². The molecule has 8 aromatic heterocycles. The number of anilines is 16. The predicted octanol–water partition coefficient (Wildman–Crippen LogP) is 22.3. The standard InChI is InChI=1S/C28H33N5O2S.C27H31N5O2S.C26H30N6O2S.C25H29N7O2S/c1-20-17-29-27(31-23-13-11-22(12-14-23)18-33-15-7-8-21(33)2)32-26(20)30-24-9-6-10-25(16-24)36(34,35)19-28(3,4)5;1-20-17-28-26(30-22-12-10-21(11-13-22)18-32-14-5-6-15-32)31-25(20)29-23-8-7-9-24(16-23)35(33,34)19-27(2,3)4;1-19-16-27-25(30-21-11-9-20(10-12-21)17-32-14-6-13-28-32)31-24(19)29-22-7-5-8-23(15-22)35(33,34)18-26(2,3)4;1-18-13-27-24(30-20-10-8-19(9-11-20)14-32-17-26-16-28-32)31-23(18)29-21-6-5-7-22(12-21)35(33,34)15-25(2,3)4/h6-17H,18-19H2,1-5H3,(H2,29,30,31,32);5-17H,18-19H2,1-4H3,(H2,28,29,30,31);5-16H,17-18H2,1-4H3,(H2,27,29,30,31);5-13,16-17H,14-15H2,1-4H3,(H2,27,29,30,31).